The molecule has 0 saturated carbocycles. The maximum Gasteiger partial charge on any atom is 0.343 e. The summed E-state index contributed by atoms with van der Waals surface area (Å²) in [6.45, 7) is 0. The van der Waals surface area contributed by atoms with Gasteiger partial charge in [-0.3, -0.25) is 14.9 Å². The minimum Gasteiger partial charge on any atom is -0.422 e. The van der Waals surface area contributed by atoms with Crippen LogP contribution in [-0.4, -0.2) is 28.0 Å². The number of nitro benzene ring substituents is 1. The predicted octanol–water partition coefficient (Wildman–Crippen LogP) is 6.52. The average Bonchev–Trinajstić information content (AvgIpc) is 3.32. The number of aromatic amines is 1. The normalized spacial score (nSPS) is 11.1. The maximum atomic E-state index is 14.1. The van der Waals surface area contributed by atoms with E-state index in [9.17, 15) is 24.1 Å². The molecule has 5 rings (SSSR count). The minimum absolute atomic E-state index is 0.119. The SMILES string of the molecule is O=C(Oc1ccccc1C=NNC(=O)c1[nH]c2ccc(F)cc2c1-c1ccccc1Cl)c1ccc([N+](=O)[O-])cc1. The van der Waals surface area contributed by atoms with E-state index in [-0.39, 0.29) is 22.7 Å². The fraction of sp³-hybridized carbons (Fsp3) is 0. The number of rotatable bonds is 7. The van der Waals surface area contributed by atoms with Gasteiger partial charge in [-0.1, -0.05) is 41.9 Å². The van der Waals surface area contributed by atoms with Gasteiger partial charge in [-0.15, -0.1) is 0 Å². The van der Waals surface area contributed by atoms with Crippen LogP contribution >= 0.6 is 11.6 Å². The molecular weight excluding hydrogens is 539 g/mol. The first kappa shape index (κ1) is 26.3. The molecule has 198 valence electrons. The number of non-ortho nitro benzene ring substituents is 1. The van der Waals surface area contributed by atoms with Crippen LogP contribution in [0.25, 0.3) is 22.0 Å². The molecule has 5 aromatic rings. The molecule has 1 amide bonds. The van der Waals surface area contributed by atoms with Crippen molar-refractivity contribution in [3.63, 3.8) is 0 Å². The van der Waals surface area contributed by atoms with Crippen LogP contribution in [0.5, 0.6) is 5.75 Å². The molecule has 0 saturated heterocycles. The van der Waals surface area contributed by atoms with E-state index >= 15 is 0 Å². The van der Waals surface area contributed by atoms with Crippen LogP contribution in [0, 0.1) is 15.9 Å². The molecule has 0 aliphatic heterocycles. The van der Waals surface area contributed by atoms with Gasteiger partial charge in [0.05, 0.1) is 16.7 Å². The molecule has 9 nitrogen and oxygen atoms in total. The van der Waals surface area contributed by atoms with E-state index in [4.69, 9.17) is 16.3 Å². The number of carbonyl (C=O) groups is 2. The summed E-state index contributed by atoms with van der Waals surface area (Å²) in [5.74, 6) is -1.65. The third-order valence-electron chi connectivity index (χ3n) is 5.94. The molecule has 0 bridgehead atoms. The lowest BCUT2D eigenvalue weighted by Crippen LogP contribution is -2.19. The van der Waals surface area contributed by atoms with Crippen molar-refractivity contribution >= 4 is 46.3 Å². The van der Waals surface area contributed by atoms with Crippen molar-refractivity contribution < 1.29 is 23.6 Å². The summed E-state index contributed by atoms with van der Waals surface area (Å²) in [4.78, 5) is 39.1. The number of carbonyl (C=O) groups excluding carboxylic acids is 2. The lowest BCUT2D eigenvalue weighted by Gasteiger charge is -2.08. The molecule has 1 heterocycles. The maximum absolute atomic E-state index is 14.1. The fourth-order valence-electron chi connectivity index (χ4n) is 4.05. The molecule has 0 fully saturated rings. The number of esters is 1. The highest BCUT2D eigenvalue weighted by atomic mass is 35.5. The largest absolute Gasteiger partial charge is 0.422 e. The highest BCUT2D eigenvalue weighted by Crippen LogP contribution is 2.37. The second-order valence-electron chi connectivity index (χ2n) is 8.48. The van der Waals surface area contributed by atoms with Crippen molar-refractivity contribution in [2.45, 2.75) is 0 Å². The molecule has 4 aromatic carbocycles. The van der Waals surface area contributed by atoms with Crippen molar-refractivity contribution in [2.24, 2.45) is 5.10 Å². The van der Waals surface area contributed by atoms with Crippen molar-refractivity contribution in [3.8, 4) is 16.9 Å². The summed E-state index contributed by atoms with van der Waals surface area (Å²) < 4.78 is 19.5. The summed E-state index contributed by atoms with van der Waals surface area (Å²) >= 11 is 6.40. The Morgan fingerprint density at radius 2 is 1.73 bits per heavy atom. The summed E-state index contributed by atoms with van der Waals surface area (Å²) in [6, 6.07) is 22.5. The number of halogens is 2. The first-order valence-corrected chi connectivity index (χ1v) is 12.1. The Labute approximate surface area is 231 Å². The molecule has 0 radical (unpaired) electrons. The van der Waals surface area contributed by atoms with Gasteiger partial charge in [0.1, 0.15) is 17.3 Å². The Balaban J connectivity index is 1.38. The van der Waals surface area contributed by atoms with Crippen molar-refractivity contribution in [3.05, 3.63) is 129 Å². The second-order valence-corrected chi connectivity index (χ2v) is 8.88. The number of aromatic nitrogens is 1. The molecule has 40 heavy (non-hydrogen) atoms. The third kappa shape index (κ3) is 5.42. The molecule has 0 unspecified atom stereocenters. The van der Waals surface area contributed by atoms with E-state index in [0.717, 1.165) is 0 Å². The molecule has 1 aromatic heterocycles. The first-order valence-electron chi connectivity index (χ1n) is 11.8. The van der Waals surface area contributed by atoms with E-state index in [1.54, 1.807) is 42.5 Å². The molecular formula is C29H18ClFN4O5. The number of nitrogens with zero attached hydrogens (tertiary/aromatic N) is 2. The molecule has 0 aliphatic rings. The van der Waals surface area contributed by atoms with Gasteiger partial charge in [0.25, 0.3) is 11.6 Å². The number of hydrogen-bond acceptors (Lipinski definition) is 6. The summed E-state index contributed by atoms with van der Waals surface area (Å²) in [5.41, 5.74) is 4.41. The van der Waals surface area contributed by atoms with Crippen LogP contribution in [0.3, 0.4) is 0 Å². The van der Waals surface area contributed by atoms with Crippen molar-refractivity contribution in [1.29, 1.82) is 0 Å². The van der Waals surface area contributed by atoms with E-state index in [2.05, 4.69) is 15.5 Å². The van der Waals surface area contributed by atoms with Gasteiger partial charge in [-0.05, 0) is 48.5 Å². The fourth-order valence-corrected chi connectivity index (χ4v) is 4.28. The highest BCUT2D eigenvalue weighted by molar-refractivity contribution is 6.34. The van der Waals surface area contributed by atoms with E-state index in [0.29, 0.717) is 32.6 Å². The van der Waals surface area contributed by atoms with Crippen LogP contribution in [0.2, 0.25) is 5.02 Å². The van der Waals surface area contributed by atoms with Crippen LogP contribution in [0.15, 0.2) is 96.1 Å². The number of amides is 1. The van der Waals surface area contributed by atoms with Gasteiger partial charge in [-0.2, -0.15) is 5.10 Å². The number of nitrogens with one attached hydrogen (secondary N) is 2. The number of fused-ring (bicyclic) bond motifs is 1. The Morgan fingerprint density at radius 3 is 2.48 bits per heavy atom. The number of hydrogen-bond donors (Lipinski definition) is 2. The Morgan fingerprint density at radius 1 is 1.00 bits per heavy atom. The zero-order valence-electron chi connectivity index (χ0n) is 20.4. The predicted molar refractivity (Wildman–Crippen MR) is 148 cm³/mol. The second kappa shape index (κ2) is 11.2. The van der Waals surface area contributed by atoms with E-state index in [1.807, 2.05) is 0 Å². The summed E-state index contributed by atoms with van der Waals surface area (Å²) in [7, 11) is 0. The zero-order chi connectivity index (χ0) is 28.2. The third-order valence-corrected chi connectivity index (χ3v) is 6.27. The van der Waals surface area contributed by atoms with Crippen LogP contribution in [-0.2, 0) is 0 Å². The van der Waals surface area contributed by atoms with Gasteiger partial charge in [0.2, 0.25) is 0 Å². The standard InChI is InChI=1S/C29H18ClFN4O5/c30-23-7-3-2-6-21(23)26-22-15-19(31)11-14-24(22)33-27(26)28(36)34-32-16-18-5-1-4-8-25(18)40-29(37)17-9-12-20(13-10-17)35(38)39/h1-16,33H,(H,34,36). The molecule has 2 N–H and O–H groups in total. The number of H-pyrrole nitrogens is 1. The lowest BCUT2D eigenvalue weighted by molar-refractivity contribution is -0.384. The number of ether oxygens (including phenoxy) is 1. The van der Waals surface area contributed by atoms with Crippen LogP contribution < -0.4 is 10.2 Å². The van der Waals surface area contributed by atoms with E-state index in [1.165, 1.54) is 54.7 Å². The average molecular weight is 557 g/mol. The van der Waals surface area contributed by atoms with Gasteiger partial charge in [-0.25, -0.2) is 14.6 Å². The first-order chi connectivity index (χ1) is 19.3. The molecule has 0 spiro atoms. The smallest absolute Gasteiger partial charge is 0.343 e. The van der Waals surface area contributed by atoms with Crippen molar-refractivity contribution in [1.82, 2.24) is 10.4 Å². The lowest BCUT2D eigenvalue weighted by atomic mass is 10.0. The topological polar surface area (TPSA) is 127 Å². The molecule has 11 heteroatoms. The highest BCUT2D eigenvalue weighted by Gasteiger charge is 2.21. The quantitative estimate of drug-likeness (QED) is 0.0775. The van der Waals surface area contributed by atoms with Crippen LogP contribution in [0.4, 0.5) is 10.1 Å². The Hall–Kier alpha value is -5.35. The van der Waals surface area contributed by atoms with Gasteiger partial charge in [0.15, 0.2) is 0 Å². The number of hydrazone groups is 1. The van der Waals surface area contributed by atoms with Gasteiger partial charge < -0.3 is 9.72 Å². The van der Waals surface area contributed by atoms with Crippen molar-refractivity contribution in [2.75, 3.05) is 0 Å². The van der Waals surface area contributed by atoms with Gasteiger partial charge in [0, 0.05) is 44.7 Å². The number of benzene rings is 4. The summed E-state index contributed by atoms with van der Waals surface area (Å²) in [6.07, 6.45) is 1.30. The number of nitro groups is 1. The summed E-state index contributed by atoms with van der Waals surface area (Å²) in [5, 5.41) is 15.7. The van der Waals surface area contributed by atoms with E-state index < -0.39 is 22.6 Å². The van der Waals surface area contributed by atoms with Crippen LogP contribution in [0.1, 0.15) is 26.4 Å². The Bertz CT molecular complexity index is 1800. The number of para-hydroxylation sites is 1. The molecule has 0 aliphatic carbocycles. The zero-order valence-corrected chi connectivity index (χ0v) is 21.2. The monoisotopic (exact) mass is 556 g/mol. The Kier molecular flexibility index (Phi) is 7.34. The van der Waals surface area contributed by atoms with Gasteiger partial charge >= 0.3 is 5.97 Å². The minimum atomic E-state index is -0.727. The molecule has 0 atom stereocenters.